The van der Waals surface area contributed by atoms with Gasteiger partial charge >= 0.3 is 0 Å². The van der Waals surface area contributed by atoms with E-state index in [1.54, 1.807) is 0 Å². The van der Waals surface area contributed by atoms with Crippen LogP contribution >= 0.6 is 15.9 Å². The summed E-state index contributed by atoms with van der Waals surface area (Å²) in [7, 11) is 1.47. The van der Waals surface area contributed by atoms with E-state index in [1.165, 1.54) is 13.2 Å². The molecule has 2 N–H and O–H groups in total. The molecule has 0 saturated carbocycles. The first kappa shape index (κ1) is 12.5. The Morgan fingerprint density at radius 3 is 2.67 bits per heavy atom. The molecule has 0 spiro atoms. The molecule has 0 saturated heterocycles. The monoisotopic (exact) mass is 275 g/mol. The molecule has 1 aromatic carbocycles. The van der Waals surface area contributed by atoms with Gasteiger partial charge in [-0.25, -0.2) is 4.39 Å². The molecule has 1 aromatic rings. The van der Waals surface area contributed by atoms with Crippen molar-refractivity contribution in [3.63, 3.8) is 0 Å². The Morgan fingerprint density at radius 2 is 2.20 bits per heavy atom. The number of aryl methyl sites for hydroxylation is 1. The van der Waals surface area contributed by atoms with Crippen LogP contribution in [0.15, 0.2) is 10.5 Å². The number of rotatable bonds is 3. The van der Waals surface area contributed by atoms with E-state index in [9.17, 15) is 4.39 Å². The van der Waals surface area contributed by atoms with Gasteiger partial charge in [0.05, 0.1) is 7.11 Å². The fraction of sp³-hybridized carbons (Fsp3) is 0.455. The van der Waals surface area contributed by atoms with Crippen LogP contribution < -0.4 is 10.5 Å². The molecule has 0 heterocycles. The average molecular weight is 276 g/mol. The predicted molar refractivity (Wildman–Crippen MR) is 62.9 cm³/mol. The van der Waals surface area contributed by atoms with Gasteiger partial charge < -0.3 is 10.5 Å². The molecule has 1 rings (SSSR count). The highest BCUT2D eigenvalue weighted by molar-refractivity contribution is 9.10. The summed E-state index contributed by atoms with van der Waals surface area (Å²) < 4.78 is 19.5. The van der Waals surface area contributed by atoms with Crippen molar-refractivity contribution in [1.82, 2.24) is 0 Å². The Bertz CT molecular complexity index is 368. The quantitative estimate of drug-likeness (QED) is 0.921. The topological polar surface area (TPSA) is 35.2 Å². The minimum atomic E-state index is -0.339. The van der Waals surface area contributed by atoms with Crippen molar-refractivity contribution in [2.45, 2.75) is 19.8 Å². The maximum absolute atomic E-state index is 13.6. The molecule has 0 amide bonds. The van der Waals surface area contributed by atoms with Crippen molar-refractivity contribution in [2.75, 3.05) is 13.7 Å². The summed E-state index contributed by atoms with van der Waals surface area (Å²) in [4.78, 5) is 0. The summed E-state index contributed by atoms with van der Waals surface area (Å²) >= 11 is 3.45. The Morgan fingerprint density at radius 1 is 1.60 bits per heavy atom. The van der Waals surface area contributed by atoms with Crippen LogP contribution in [0.25, 0.3) is 0 Å². The molecule has 0 bridgehead atoms. The summed E-state index contributed by atoms with van der Waals surface area (Å²) in [6, 6.07) is 1.45. The van der Waals surface area contributed by atoms with E-state index >= 15 is 0 Å². The first-order chi connectivity index (χ1) is 7.02. The molecule has 84 valence electrons. The Balaban J connectivity index is 3.43. The van der Waals surface area contributed by atoms with Gasteiger partial charge in [-0.15, -0.1) is 0 Å². The highest BCUT2D eigenvalue weighted by atomic mass is 79.9. The van der Waals surface area contributed by atoms with Crippen LogP contribution in [0, 0.1) is 12.7 Å². The number of halogens is 2. The van der Waals surface area contributed by atoms with Crippen molar-refractivity contribution >= 4 is 15.9 Å². The van der Waals surface area contributed by atoms with Crippen LogP contribution in [-0.4, -0.2) is 13.7 Å². The van der Waals surface area contributed by atoms with E-state index in [2.05, 4.69) is 15.9 Å². The Hall–Kier alpha value is -0.610. The summed E-state index contributed by atoms with van der Waals surface area (Å²) in [5.74, 6) is 0.00245. The Kier molecular flexibility index (Phi) is 4.11. The van der Waals surface area contributed by atoms with Crippen LogP contribution in [0.4, 0.5) is 4.39 Å². The highest BCUT2D eigenvalue weighted by Gasteiger charge is 2.19. The normalized spacial score (nSPS) is 12.7. The first-order valence-electron chi connectivity index (χ1n) is 4.75. The van der Waals surface area contributed by atoms with Crippen molar-refractivity contribution in [1.29, 1.82) is 0 Å². The van der Waals surface area contributed by atoms with E-state index in [-0.39, 0.29) is 17.5 Å². The van der Waals surface area contributed by atoms with Gasteiger partial charge in [0, 0.05) is 10.0 Å². The van der Waals surface area contributed by atoms with Gasteiger partial charge in [-0.3, -0.25) is 0 Å². The third-order valence-electron chi connectivity index (χ3n) is 2.44. The second kappa shape index (κ2) is 4.94. The maximum atomic E-state index is 13.6. The van der Waals surface area contributed by atoms with Gasteiger partial charge in [0.1, 0.15) is 0 Å². The minimum Gasteiger partial charge on any atom is -0.493 e. The SMILES string of the molecule is COc1c(F)cc(C)c(Br)c1C(C)CN. The van der Waals surface area contributed by atoms with Gasteiger partial charge in [-0.1, -0.05) is 22.9 Å². The van der Waals surface area contributed by atoms with Gasteiger partial charge in [-0.05, 0) is 31.0 Å². The molecule has 0 fully saturated rings. The predicted octanol–water partition coefficient (Wildman–Crippen LogP) is 2.97. The van der Waals surface area contributed by atoms with E-state index in [0.717, 1.165) is 15.6 Å². The first-order valence-corrected chi connectivity index (χ1v) is 5.54. The van der Waals surface area contributed by atoms with Gasteiger partial charge in [0.15, 0.2) is 11.6 Å². The lowest BCUT2D eigenvalue weighted by Gasteiger charge is -2.18. The largest absolute Gasteiger partial charge is 0.493 e. The van der Waals surface area contributed by atoms with Gasteiger partial charge in [0.25, 0.3) is 0 Å². The molecule has 0 aliphatic carbocycles. The third kappa shape index (κ3) is 2.32. The second-order valence-electron chi connectivity index (χ2n) is 3.57. The van der Waals surface area contributed by atoms with E-state index < -0.39 is 0 Å². The van der Waals surface area contributed by atoms with Gasteiger partial charge in [-0.2, -0.15) is 0 Å². The smallest absolute Gasteiger partial charge is 0.165 e. The van der Waals surface area contributed by atoms with E-state index in [0.29, 0.717) is 6.54 Å². The molecule has 0 aliphatic rings. The molecule has 0 radical (unpaired) electrons. The van der Waals surface area contributed by atoms with Crippen LogP contribution in [0.2, 0.25) is 0 Å². The van der Waals surface area contributed by atoms with Crippen molar-refractivity contribution in [3.05, 3.63) is 27.5 Å². The molecule has 0 aliphatic heterocycles. The molecule has 1 atom stereocenters. The average Bonchev–Trinajstić information content (AvgIpc) is 2.21. The van der Waals surface area contributed by atoms with Crippen molar-refractivity contribution in [2.24, 2.45) is 5.73 Å². The lowest BCUT2D eigenvalue weighted by molar-refractivity contribution is 0.378. The summed E-state index contributed by atoms with van der Waals surface area (Å²) in [5, 5.41) is 0. The molecule has 1 unspecified atom stereocenters. The third-order valence-corrected chi connectivity index (χ3v) is 3.49. The second-order valence-corrected chi connectivity index (χ2v) is 4.37. The maximum Gasteiger partial charge on any atom is 0.165 e. The van der Waals surface area contributed by atoms with E-state index in [1.807, 2.05) is 13.8 Å². The highest BCUT2D eigenvalue weighted by Crippen LogP contribution is 2.37. The number of hydrogen-bond donors (Lipinski definition) is 1. The van der Waals surface area contributed by atoms with Gasteiger partial charge in [0.2, 0.25) is 0 Å². The lowest BCUT2D eigenvalue weighted by Crippen LogP contribution is -2.12. The zero-order chi connectivity index (χ0) is 11.6. The van der Waals surface area contributed by atoms with Crippen LogP contribution in [-0.2, 0) is 0 Å². The Labute approximate surface area is 97.7 Å². The summed E-state index contributed by atoms with van der Waals surface area (Å²) in [6.07, 6.45) is 0. The van der Waals surface area contributed by atoms with E-state index in [4.69, 9.17) is 10.5 Å². The fourth-order valence-corrected chi connectivity index (χ4v) is 2.21. The molecule has 15 heavy (non-hydrogen) atoms. The molecule has 4 heteroatoms. The standard InChI is InChI=1S/C11H15BrFNO/c1-6-4-8(13)11(15-3)9(10(6)12)7(2)5-14/h4,7H,5,14H2,1-3H3. The molecular formula is C11H15BrFNO. The van der Waals surface area contributed by atoms with Crippen LogP contribution in [0.1, 0.15) is 24.0 Å². The number of hydrogen-bond acceptors (Lipinski definition) is 2. The summed E-state index contributed by atoms with van der Waals surface area (Å²) in [5.41, 5.74) is 7.25. The number of methoxy groups -OCH3 is 1. The van der Waals surface area contributed by atoms with Crippen LogP contribution in [0.3, 0.4) is 0 Å². The summed E-state index contributed by atoms with van der Waals surface area (Å²) in [6.45, 7) is 4.25. The van der Waals surface area contributed by atoms with Crippen LogP contribution in [0.5, 0.6) is 5.75 Å². The zero-order valence-corrected chi connectivity index (χ0v) is 10.7. The number of ether oxygens (including phenoxy) is 1. The zero-order valence-electron chi connectivity index (χ0n) is 9.10. The number of nitrogens with two attached hydrogens (primary N) is 1. The molecular weight excluding hydrogens is 261 g/mol. The number of benzene rings is 1. The minimum absolute atomic E-state index is 0.0590. The van der Waals surface area contributed by atoms with Crippen molar-refractivity contribution in [3.8, 4) is 5.75 Å². The molecule has 2 nitrogen and oxygen atoms in total. The molecule has 0 aromatic heterocycles. The van der Waals surface area contributed by atoms with Crippen molar-refractivity contribution < 1.29 is 9.13 Å². The fourth-order valence-electron chi connectivity index (χ4n) is 1.53. The lowest BCUT2D eigenvalue weighted by atomic mass is 9.98.